The number of nitrogens with one attached hydrogen (secondary N) is 2. The van der Waals surface area contributed by atoms with E-state index >= 15 is 0 Å². The van der Waals surface area contributed by atoms with Gasteiger partial charge in [-0.25, -0.2) is 9.59 Å². The molecule has 2 aromatic rings. The third-order valence-electron chi connectivity index (χ3n) is 9.95. The number of halogens is 1. The number of ether oxygens (including phenoxy) is 2. The van der Waals surface area contributed by atoms with Crippen LogP contribution in [-0.4, -0.2) is 75.2 Å². The quantitative estimate of drug-likeness (QED) is 0.351. The van der Waals surface area contributed by atoms with E-state index in [1.54, 1.807) is 6.07 Å². The van der Waals surface area contributed by atoms with Gasteiger partial charge in [-0.1, -0.05) is 49.6 Å². The number of aryl methyl sites for hydroxylation is 1. The molecule has 3 heterocycles. The van der Waals surface area contributed by atoms with Gasteiger partial charge in [-0.15, -0.1) is 0 Å². The zero-order valence-electron chi connectivity index (χ0n) is 26.7. The monoisotopic (exact) mass is 666 g/mol. The summed E-state index contributed by atoms with van der Waals surface area (Å²) in [4.78, 5) is 59.8. The number of para-hydroxylation sites is 1. The normalized spacial score (nSPS) is 28.5. The number of carboxylic acids is 1. The molecule has 1 aromatic heterocycles. The number of nitrogens with zero attached hydrogens (tertiary/aromatic N) is 2. The third kappa shape index (κ3) is 7.20. The van der Waals surface area contributed by atoms with Gasteiger partial charge in [0, 0.05) is 29.5 Å². The molecule has 0 radical (unpaired) electrons. The summed E-state index contributed by atoms with van der Waals surface area (Å²) in [5.74, 6) is -1.86. The lowest BCUT2D eigenvalue weighted by Crippen LogP contribution is -2.56. The molecule has 4 aliphatic rings. The van der Waals surface area contributed by atoms with Gasteiger partial charge in [0.25, 0.3) is 0 Å². The first-order chi connectivity index (χ1) is 22.7. The lowest BCUT2D eigenvalue weighted by atomic mass is 10.0. The van der Waals surface area contributed by atoms with Crippen molar-refractivity contribution < 1.29 is 33.8 Å². The van der Waals surface area contributed by atoms with Gasteiger partial charge in [0.05, 0.1) is 17.1 Å². The van der Waals surface area contributed by atoms with Crippen molar-refractivity contribution in [2.24, 2.45) is 5.92 Å². The Kier molecular flexibility index (Phi) is 9.91. The topological polar surface area (TPSA) is 147 Å². The van der Waals surface area contributed by atoms with E-state index in [0.29, 0.717) is 40.9 Å². The molecule has 12 heteroatoms. The zero-order valence-corrected chi connectivity index (χ0v) is 27.5. The number of rotatable bonds is 6. The number of alkyl carbamates (subject to hydrolysis) is 1. The van der Waals surface area contributed by atoms with Gasteiger partial charge in [-0.3, -0.25) is 14.6 Å². The van der Waals surface area contributed by atoms with Gasteiger partial charge in [0.15, 0.2) is 0 Å². The second-order valence-electron chi connectivity index (χ2n) is 13.2. The van der Waals surface area contributed by atoms with Gasteiger partial charge in [0.2, 0.25) is 11.8 Å². The molecule has 5 atom stereocenters. The molecule has 2 saturated carbocycles. The fraction of sp³-hybridized carbons (Fsp3) is 0.571. The second-order valence-corrected chi connectivity index (χ2v) is 13.6. The molecule has 252 valence electrons. The molecular weight excluding hydrogens is 624 g/mol. The van der Waals surface area contributed by atoms with E-state index in [9.17, 15) is 24.3 Å². The molecule has 3 N–H and O–H groups in total. The number of fused-ring (bicyclic) bond motifs is 3. The molecule has 3 amide bonds. The Hall–Kier alpha value is -3.86. The number of amides is 3. The maximum atomic E-state index is 14.3. The largest absolute Gasteiger partial charge is 0.488 e. The number of carbonyl (C=O) groups excluding carboxylic acids is 3. The van der Waals surface area contributed by atoms with Gasteiger partial charge < -0.3 is 30.1 Å². The number of benzene rings is 1. The third-order valence-corrected chi connectivity index (χ3v) is 10.3. The highest BCUT2D eigenvalue weighted by atomic mass is 35.5. The predicted octanol–water partition coefficient (Wildman–Crippen LogP) is 5.32. The Balaban J connectivity index is 1.29. The van der Waals surface area contributed by atoms with E-state index in [4.69, 9.17) is 21.1 Å². The van der Waals surface area contributed by atoms with Crippen LogP contribution in [0.1, 0.15) is 83.2 Å². The van der Waals surface area contributed by atoms with Crippen LogP contribution in [0.2, 0.25) is 5.02 Å². The molecular formula is C35H43ClN4O7. The van der Waals surface area contributed by atoms with E-state index in [1.165, 1.54) is 4.90 Å². The van der Waals surface area contributed by atoms with Crippen LogP contribution in [0, 0.1) is 5.92 Å². The summed E-state index contributed by atoms with van der Waals surface area (Å²) in [7, 11) is 0. The van der Waals surface area contributed by atoms with E-state index < -0.39 is 47.6 Å². The number of aliphatic carboxylic acids is 1. The van der Waals surface area contributed by atoms with Crippen molar-refractivity contribution in [1.82, 2.24) is 20.5 Å². The Morgan fingerprint density at radius 3 is 2.68 bits per heavy atom. The first-order valence-corrected chi connectivity index (χ1v) is 17.3. The number of allylic oxidation sites excluding steroid dienone is 1. The molecule has 6 rings (SSSR count). The number of aromatic nitrogens is 1. The van der Waals surface area contributed by atoms with E-state index in [1.807, 2.05) is 37.3 Å². The molecule has 0 bridgehead atoms. The van der Waals surface area contributed by atoms with Crippen molar-refractivity contribution >= 4 is 46.4 Å². The first kappa shape index (κ1) is 33.1. The van der Waals surface area contributed by atoms with Crippen molar-refractivity contribution in [1.29, 1.82) is 0 Å². The minimum Gasteiger partial charge on any atom is -0.488 e. The fourth-order valence-electron chi connectivity index (χ4n) is 7.17. The van der Waals surface area contributed by atoms with E-state index in [2.05, 4.69) is 15.6 Å². The molecule has 2 aliphatic carbocycles. The van der Waals surface area contributed by atoms with Crippen LogP contribution in [-0.2, 0) is 25.5 Å². The van der Waals surface area contributed by atoms with Crippen LogP contribution < -0.4 is 15.4 Å². The predicted molar refractivity (Wildman–Crippen MR) is 175 cm³/mol. The molecule has 0 spiro atoms. The van der Waals surface area contributed by atoms with Crippen molar-refractivity contribution in [2.75, 3.05) is 6.54 Å². The number of hydrogen-bond acceptors (Lipinski definition) is 7. The number of hydrogen-bond donors (Lipinski definition) is 3. The first-order valence-electron chi connectivity index (χ1n) is 16.9. The average molecular weight is 667 g/mol. The fourth-order valence-corrected chi connectivity index (χ4v) is 7.39. The summed E-state index contributed by atoms with van der Waals surface area (Å²) < 4.78 is 12.2. The SMILES string of the molecule is CCc1cc(O[C@@H]2C[C@H]3C(=O)N[C@]4(C(=O)O)C[C@H]4C=CCCCCC[C@H](NC(=O)OC4CCCC4)C(=O)N3C2)c2cccc(Cl)c2n1. The van der Waals surface area contributed by atoms with E-state index in [-0.39, 0.29) is 31.4 Å². The zero-order chi connectivity index (χ0) is 33.1. The maximum Gasteiger partial charge on any atom is 0.408 e. The van der Waals surface area contributed by atoms with Crippen LogP contribution in [0.4, 0.5) is 4.79 Å². The van der Waals surface area contributed by atoms with Gasteiger partial charge in [0.1, 0.15) is 35.6 Å². The van der Waals surface area contributed by atoms with Crippen molar-refractivity contribution in [3.63, 3.8) is 0 Å². The van der Waals surface area contributed by atoms with Crippen molar-refractivity contribution in [2.45, 2.75) is 114 Å². The van der Waals surface area contributed by atoms with Crippen LogP contribution in [0.25, 0.3) is 10.9 Å². The highest BCUT2D eigenvalue weighted by Crippen LogP contribution is 2.45. The average Bonchev–Trinajstić information content (AvgIpc) is 3.33. The van der Waals surface area contributed by atoms with Crippen LogP contribution >= 0.6 is 11.6 Å². The van der Waals surface area contributed by atoms with Crippen LogP contribution in [0.5, 0.6) is 5.75 Å². The number of carbonyl (C=O) groups is 4. The Labute approximate surface area is 279 Å². The van der Waals surface area contributed by atoms with E-state index in [0.717, 1.165) is 50.6 Å². The molecule has 11 nitrogen and oxygen atoms in total. The summed E-state index contributed by atoms with van der Waals surface area (Å²) in [6.45, 7) is 2.05. The summed E-state index contributed by atoms with van der Waals surface area (Å²) in [6.07, 6.45) is 10.6. The Morgan fingerprint density at radius 1 is 1.13 bits per heavy atom. The summed E-state index contributed by atoms with van der Waals surface area (Å²) in [6, 6.07) is 5.37. The lowest BCUT2D eigenvalue weighted by Gasteiger charge is -2.29. The van der Waals surface area contributed by atoms with Crippen LogP contribution in [0.3, 0.4) is 0 Å². The van der Waals surface area contributed by atoms with Crippen LogP contribution in [0.15, 0.2) is 36.4 Å². The molecule has 47 heavy (non-hydrogen) atoms. The highest BCUT2D eigenvalue weighted by molar-refractivity contribution is 6.35. The Morgan fingerprint density at radius 2 is 1.91 bits per heavy atom. The highest BCUT2D eigenvalue weighted by Gasteiger charge is 2.61. The summed E-state index contributed by atoms with van der Waals surface area (Å²) in [5.41, 5.74) is -0.0342. The smallest absolute Gasteiger partial charge is 0.408 e. The summed E-state index contributed by atoms with van der Waals surface area (Å²) in [5, 5.41) is 16.9. The minimum absolute atomic E-state index is 0.0714. The second kappa shape index (κ2) is 14.1. The van der Waals surface area contributed by atoms with Gasteiger partial charge in [-0.2, -0.15) is 0 Å². The maximum absolute atomic E-state index is 14.3. The van der Waals surface area contributed by atoms with Gasteiger partial charge in [-0.05, 0) is 69.9 Å². The molecule has 1 aromatic carbocycles. The van der Waals surface area contributed by atoms with Crippen molar-refractivity contribution in [3.8, 4) is 5.75 Å². The minimum atomic E-state index is -1.42. The molecule has 2 aliphatic heterocycles. The lowest BCUT2D eigenvalue weighted by molar-refractivity contribution is -0.145. The standard InChI is InChI=1S/C35H43ClN4O7/c1-2-22-17-29(25-14-10-15-26(36)30(25)37-22)46-24-18-28-31(41)39-35(33(43)44)19-21(35)11-6-4-3-5-7-16-27(32(42)40(28)20-24)38-34(45)47-23-12-8-9-13-23/h6,10-11,14-15,17,21,23-24,27-28H,2-5,7-9,12-13,16,18-20H2,1H3,(H,38,45)(H,39,41)(H,43,44)/t21-,24-,27+,28+,35-/m1/s1. The molecule has 1 saturated heterocycles. The molecule has 0 unspecified atom stereocenters. The Bertz CT molecular complexity index is 1560. The number of pyridine rings is 1. The number of carboxylic acid groups (broad SMARTS) is 1. The van der Waals surface area contributed by atoms with Gasteiger partial charge >= 0.3 is 12.1 Å². The molecule has 3 fully saturated rings. The summed E-state index contributed by atoms with van der Waals surface area (Å²) >= 11 is 6.49. The van der Waals surface area contributed by atoms with Crippen molar-refractivity contribution in [3.05, 3.63) is 47.1 Å².